The van der Waals surface area contributed by atoms with Crippen LogP contribution in [0.25, 0.3) is 11.3 Å². The van der Waals surface area contributed by atoms with E-state index in [0.717, 1.165) is 48.2 Å². The maximum absolute atomic E-state index is 12.3. The molecule has 0 bridgehead atoms. The molecule has 2 aromatic carbocycles. The van der Waals surface area contributed by atoms with Crippen molar-refractivity contribution >= 4 is 17.3 Å². The molecule has 1 fully saturated rings. The van der Waals surface area contributed by atoms with Crippen LogP contribution in [0.3, 0.4) is 0 Å². The third-order valence-corrected chi connectivity index (χ3v) is 5.40. The number of hydrogen-bond donors (Lipinski definition) is 0. The zero-order valence-electron chi connectivity index (χ0n) is 16.3. The largest absolute Gasteiger partial charge is 0.497 e. The third kappa shape index (κ3) is 4.60. The molecule has 2 heterocycles. The molecular weight excluding hydrogens is 388 g/mol. The molecule has 29 heavy (non-hydrogen) atoms. The lowest BCUT2D eigenvalue weighted by molar-refractivity contribution is 0.192. The van der Waals surface area contributed by atoms with Crippen molar-refractivity contribution in [1.82, 2.24) is 14.7 Å². The Bertz CT molecular complexity index is 1010. The van der Waals surface area contributed by atoms with E-state index in [1.54, 1.807) is 19.2 Å². The van der Waals surface area contributed by atoms with Crippen LogP contribution < -0.4 is 15.2 Å². The Morgan fingerprint density at radius 1 is 0.931 bits per heavy atom. The van der Waals surface area contributed by atoms with E-state index in [-0.39, 0.29) is 5.56 Å². The highest BCUT2D eigenvalue weighted by atomic mass is 35.5. The third-order valence-electron chi connectivity index (χ3n) is 5.15. The molecular formula is C22H23ClN4O2. The van der Waals surface area contributed by atoms with Gasteiger partial charge in [-0.3, -0.25) is 9.69 Å². The molecule has 0 amide bonds. The van der Waals surface area contributed by atoms with Gasteiger partial charge in [0, 0.05) is 48.5 Å². The fraction of sp³-hybridized carbons (Fsp3) is 0.273. The summed E-state index contributed by atoms with van der Waals surface area (Å²) in [5, 5.41) is 5.32. The smallest absolute Gasteiger partial charge is 0.268 e. The number of hydrogen-bond acceptors (Lipinski definition) is 5. The molecule has 0 aliphatic carbocycles. The van der Waals surface area contributed by atoms with Crippen molar-refractivity contribution in [3.8, 4) is 17.0 Å². The topological polar surface area (TPSA) is 50.6 Å². The van der Waals surface area contributed by atoms with Gasteiger partial charge in [0.25, 0.3) is 5.56 Å². The van der Waals surface area contributed by atoms with Crippen LogP contribution in [0.2, 0.25) is 5.02 Å². The van der Waals surface area contributed by atoms with Gasteiger partial charge < -0.3 is 9.64 Å². The van der Waals surface area contributed by atoms with Gasteiger partial charge in [-0.1, -0.05) is 11.6 Å². The fourth-order valence-corrected chi connectivity index (χ4v) is 3.58. The summed E-state index contributed by atoms with van der Waals surface area (Å²) >= 11 is 5.98. The number of piperazine rings is 1. The van der Waals surface area contributed by atoms with E-state index < -0.39 is 0 Å². The van der Waals surface area contributed by atoms with E-state index in [0.29, 0.717) is 6.67 Å². The maximum Gasteiger partial charge on any atom is 0.268 e. The predicted octanol–water partition coefficient (Wildman–Crippen LogP) is 3.35. The van der Waals surface area contributed by atoms with E-state index in [2.05, 4.69) is 14.9 Å². The van der Waals surface area contributed by atoms with Gasteiger partial charge in [0.1, 0.15) is 5.75 Å². The molecule has 1 aliphatic rings. The Kier molecular flexibility index (Phi) is 5.83. The van der Waals surface area contributed by atoms with Gasteiger partial charge in [-0.2, -0.15) is 5.10 Å². The van der Waals surface area contributed by atoms with E-state index >= 15 is 0 Å². The highest BCUT2D eigenvalue weighted by Gasteiger charge is 2.18. The number of halogens is 1. The Morgan fingerprint density at radius 3 is 2.28 bits per heavy atom. The summed E-state index contributed by atoms with van der Waals surface area (Å²) in [5.74, 6) is 0.792. The maximum atomic E-state index is 12.3. The van der Waals surface area contributed by atoms with Gasteiger partial charge in [0.05, 0.1) is 19.5 Å². The summed E-state index contributed by atoms with van der Waals surface area (Å²) in [6.45, 7) is 4.01. The van der Waals surface area contributed by atoms with Crippen molar-refractivity contribution in [3.63, 3.8) is 0 Å². The number of rotatable bonds is 5. The average Bonchev–Trinajstić information content (AvgIpc) is 2.76. The molecule has 0 saturated carbocycles. The van der Waals surface area contributed by atoms with Crippen molar-refractivity contribution in [2.45, 2.75) is 6.67 Å². The van der Waals surface area contributed by atoms with Gasteiger partial charge in [-0.05, 0) is 54.6 Å². The normalized spacial score (nSPS) is 14.8. The molecule has 0 radical (unpaired) electrons. The van der Waals surface area contributed by atoms with Crippen molar-refractivity contribution in [3.05, 3.63) is 76.0 Å². The Labute approximate surface area is 174 Å². The van der Waals surface area contributed by atoms with Crippen molar-refractivity contribution < 1.29 is 4.74 Å². The molecule has 0 unspecified atom stereocenters. The summed E-state index contributed by atoms with van der Waals surface area (Å²) in [5.41, 5.74) is 2.80. The number of anilines is 1. The monoisotopic (exact) mass is 410 g/mol. The lowest BCUT2D eigenvalue weighted by Crippen LogP contribution is -2.48. The minimum atomic E-state index is -0.0950. The van der Waals surface area contributed by atoms with Crippen molar-refractivity contribution in [1.29, 1.82) is 0 Å². The second kappa shape index (κ2) is 8.68. The molecule has 0 spiro atoms. The van der Waals surface area contributed by atoms with Crippen LogP contribution in [0.15, 0.2) is 65.5 Å². The van der Waals surface area contributed by atoms with E-state index in [4.69, 9.17) is 16.3 Å². The number of nitrogens with zero attached hydrogens (tertiary/aromatic N) is 4. The van der Waals surface area contributed by atoms with Crippen LogP contribution in [0.1, 0.15) is 0 Å². The SMILES string of the molecule is COc1ccc(-c2ccc(=O)n(CN3CCN(c4ccc(Cl)cc4)CC3)n2)cc1. The molecule has 3 aromatic rings. The molecule has 150 valence electrons. The number of aromatic nitrogens is 2. The first-order valence-electron chi connectivity index (χ1n) is 9.58. The van der Waals surface area contributed by atoms with Gasteiger partial charge in [-0.25, -0.2) is 4.68 Å². The van der Waals surface area contributed by atoms with Crippen LogP contribution in [0, 0.1) is 0 Å². The molecule has 7 heteroatoms. The van der Waals surface area contributed by atoms with Gasteiger partial charge in [0.2, 0.25) is 0 Å². The van der Waals surface area contributed by atoms with Gasteiger partial charge >= 0.3 is 0 Å². The minimum Gasteiger partial charge on any atom is -0.497 e. The van der Waals surface area contributed by atoms with E-state index in [9.17, 15) is 4.79 Å². The second-order valence-electron chi connectivity index (χ2n) is 7.01. The van der Waals surface area contributed by atoms with Crippen molar-refractivity contribution in [2.24, 2.45) is 0 Å². The van der Waals surface area contributed by atoms with Gasteiger partial charge in [0.15, 0.2) is 0 Å². The molecule has 1 aliphatic heterocycles. The van der Waals surface area contributed by atoms with E-state index in [1.807, 2.05) is 48.5 Å². The lowest BCUT2D eigenvalue weighted by atomic mass is 10.1. The molecule has 0 atom stereocenters. The second-order valence-corrected chi connectivity index (χ2v) is 7.44. The molecule has 1 saturated heterocycles. The molecule has 1 aromatic heterocycles. The first-order valence-corrected chi connectivity index (χ1v) is 9.96. The summed E-state index contributed by atoms with van der Waals surface area (Å²) < 4.78 is 6.74. The van der Waals surface area contributed by atoms with Crippen molar-refractivity contribution in [2.75, 3.05) is 38.2 Å². The average molecular weight is 411 g/mol. The Hall–Kier alpha value is -2.83. The zero-order valence-corrected chi connectivity index (χ0v) is 17.0. The quantitative estimate of drug-likeness (QED) is 0.645. The number of methoxy groups -OCH3 is 1. The first kappa shape index (κ1) is 19.5. The van der Waals surface area contributed by atoms with Crippen LogP contribution >= 0.6 is 11.6 Å². The lowest BCUT2D eigenvalue weighted by Gasteiger charge is -2.36. The van der Waals surface area contributed by atoms with Crippen LogP contribution in [0.5, 0.6) is 5.75 Å². The molecule has 4 rings (SSSR count). The van der Waals surface area contributed by atoms with E-state index in [1.165, 1.54) is 10.4 Å². The predicted molar refractivity (Wildman–Crippen MR) is 116 cm³/mol. The summed E-state index contributed by atoms with van der Waals surface area (Å²) in [4.78, 5) is 16.9. The van der Waals surface area contributed by atoms with Gasteiger partial charge in [-0.15, -0.1) is 0 Å². The minimum absolute atomic E-state index is 0.0950. The highest BCUT2D eigenvalue weighted by Crippen LogP contribution is 2.21. The number of ether oxygens (including phenoxy) is 1. The number of benzene rings is 2. The standard InChI is InChI=1S/C22H23ClN4O2/c1-29-20-8-2-17(3-9-20)21-10-11-22(28)27(24-21)16-25-12-14-26(15-13-25)19-6-4-18(23)5-7-19/h2-11H,12-16H2,1H3. The summed E-state index contributed by atoms with van der Waals surface area (Å²) in [6, 6.07) is 18.9. The Morgan fingerprint density at radius 2 is 1.62 bits per heavy atom. The fourth-order valence-electron chi connectivity index (χ4n) is 3.45. The van der Waals surface area contributed by atoms with Crippen LogP contribution in [0.4, 0.5) is 5.69 Å². The van der Waals surface area contributed by atoms with Crippen LogP contribution in [-0.4, -0.2) is 48.0 Å². The summed E-state index contributed by atoms with van der Waals surface area (Å²) in [6.07, 6.45) is 0. The summed E-state index contributed by atoms with van der Waals surface area (Å²) in [7, 11) is 1.64. The Balaban J connectivity index is 1.43. The molecule has 6 nitrogen and oxygen atoms in total. The zero-order chi connectivity index (χ0) is 20.2. The highest BCUT2D eigenvalue weighted by molar-refractivity contribution is 6.30. The first-order chi connectivity index (χ1) is 14.1. The molecule has 0 N–H and O–H groups in total. The van der Waals surface area contributed by atoms with Crippen LogP contribution in [-0.2, 0) is 6.67 Å².